The predicted octanol–water partition coefficient (Wildman–Crippen LogP) is 4.45. The van der Waals surface area contributed by atoms with E-state index in [0.29, 0.717) is 11.8 Å². The zero-order valence-corrected chi connectivity index (χ0v) is 19.4. The normalized spacial score (nSPS) is 21.0. The smallest absolute Gasteiger partial charge is 0.251 e. The molecule has 0 saturated carbocycles. The van der Waals surface area contributed by atoms with Crippen molar-refractivity contribution in [1.29, 1.82) is 0 Å². The van der Waals surface area contributed by atoms with Gasteiger partial charge in [-0.15, -0.1) is 0 Å². The monoisotopic (exact) mass is 500 g/mol. The van der Waals surface area contributed by atoms with Crippen molar-refractivity contribution < 1.29 is 28.2 Å². The number of fused-ring (bicyclic) bond motifs is 1. The van der Waals surface area contributed by atoms with Gasteiger partial charge in [-0.2, -0.15) is 0 Å². The van der Waals surface area contributed by atoms with Gasteiger partial charge in [0.25, 0.3) is 5.88 Å². The molecule has 9 heteroatoms. The first-order valence-corrected chi connectivity index (χ1v) is 11.7. The van der Waals surface area contributed by atoms with E-state index in [1.165, 1.54) is 6.07 Å². The summed E-state index contributed by atoms with van der Waals surface area (Å²) < 4.78 is 42.5. The van der Waals surface area contributed by atoms with Crippen LogP contribution in [-0.4, -0.2) is 42.2 Å². The molecule has 0 amide bonds. The van der Waals surface area contributed by atoms with Crippen LogP contribution in [0.15, 0.2) is 42.6 Å². The third kappa shape index (κ3) is 3.95. The lowest BCUT2D eigenvalue weighted by Crippen LogP contribution is -2.48. The molecule has 35 heavy (non-hydrogen) atoms. The second-order valence-electron chi connectivity index (χ2n) is 8.60. The molecular formula is C26H23ClF2N2O4. The molecule has 0 unspecified atom stereocenters. The fraction of sp³-hybridized carbons (Fsp3) is 0.308. The summed E-state index contributed by atoms with van der Waals surface area (Å²) in [6, 6.07) is 10.8. The van der Waals surface area contributed by atoms with Crippen molar-refractivity contribution in [3.63, 3.8) is 0 Å². The molecule has 2 N–H and O–H groups in total. The maximum Gasteiger partial charge on any atom is 0.251 e. The summed E-state index contributed by atoms with van der Waals surface area (Å²) in [5.74, 6) is -1.94. The maximum atomic E-state index is 15.7. The summed E-state index contributed by atoms with van der Waals surface area (Å²) in [6.45, 7) is 0.261. The lowest BCUT2D eigenvalue weighted by molar-refractivity contribution is 0.0539. The largest absolute Gasteiger partial charge is 0.480 e. The molecule has 182 valence electrons. The second-order valence-corrected chi connectivity index (χ2v) is 8.98. The number of halogens is 3. The van der Waals surface area contributed by atoms with Crippen molar-refractivity contribution in [1.82, 2.24) is 10.3 Å². The Bertz CT molecular complexity index is 1270. The molecule has 3 aromatic rings. The predicted molar refractivity (Wildman–Crippen MR) is 126 cm³/mol. The number of rotatable bonds is 7. The number of carbonyl (C=O) groups is 1. The number of hydrogen-bond donors (Lipinski definition) is 2. The molecule has 1 saturated heterocycles. The van der Waals surface area contributed by atoms with Crippen LogP contribution in [0.2, 0.25) is 5.02 Å². The summed E-state index contributed by atoms with van der Waals surface area (Å²) in [5, 5.41) is 12.2. The first kappa shape index (κ1) is 23.7. The van der Waals surface area contributed by atoms with Crippen molar-refractivity contribution in [2.75, 3.05) is 19.8 Å². The van der Waals surface area contributed by atoms with E-state index in [1.807, 2.05) is 30.3 Å². The first-order valence-electron chi connectivity index (χ1n) is 11.4. The number of nitrogens with one attached hydrogen (secondary N) is 1. The Balaban J connectivity index is 1.72. The minimum atomic E-state index is -0.964. The molecule has 2 aromatic carbocycles. The highest BCUT2D eigenvalue weighted by Gasteiger charge is 2.50. The van der Waals surface area contributed by atoms with Gasteiger partial charge in [0.2, 0.25) is 0 Å². The Labute approximate surface area is 205 Å². The Kier molecular flexibility index (Phi) is 6.44. The van der Waals surface area contributed by atoms with Gasteiger partial charge in [0.15, 0.2) is 17.7 Å². The van der Waals surface area contributed by atoms with Gasteiger partial charge in [-0.3, -0.25) is 4.79 Å². The molecule has 1 fully saturated rings. The number of aliphatic hydroxyl groups is 1. The van der Waals surface area contributed by atoms with E-state index in [9.17, 15) is 4.79 Å². The van der Waals surface area contributed by atoms with Crippen LogP contribution in [-0.2, 0) is 12.0 Å². The van der Waals surface area contributed by atoms with Crippen molar-refractivity contribution >= 4 is 17.9 Å². The third-order valence-corrected chi connectivity index (χ3v) is 7.00. The van der Waals surface area contributed by atoms with E-state index < -0.39 is 23.1 Å². The number of hydrogen-bond acceptors (Lipinski definition) is 6. The first-order chi connectivity index (χ1) is 17.0. The second kappa shape index (κ2) is 9.53. The summed E-state index contributed by atoms with van der Waals surface area (Å²) in [4.78, 5) is 15.7. The van der Waals surface area contributed by atoms with Crippen molar-refractivity contribution in [2.45, 2.75) is 30.9 Å². The van der Waals surface area contributed by atoms with E-state index in [4.69, 9.17) is 26.2 Å². The van der Waals surface area contributed by atoms with Crippen LogP contribution in [0.3, 0.4) is 0 Å². The molecule has 0 aliphatic carbocycles. The van der Waals surface area contributed by atoms with Gasteiger partial charge in [0, 0.05) is 40.9 Å². The van der Waals surface area contributed by atoms with E-state index in [1.54, 1.807) is 0 Å². The summed E-state index contributed by atoms with van der Waals surface area (Å²) in [5.41, 5.74) is 0.243. The Hall–Kier alpha value is -3.07. The Morgan fingerprint density at radius 1 is 1.29 bits per heavy atom. The maximum absolute atomic E-state index is 15.7. The SMILES string of the molecule is O=Cc1cnc(OCCO)c(F)c1-c1c(Cl)c(F)cc2c1C[C@](c1ccccc1)([C@@H]1CCCN1)O2. The van der Waals surface area contributed by atoms with Crippen LogP contribution in [0.25, 0.3) is 11.1 Å². The fourth-order valence-electron chi connectivity index (χ4n) is 5.09. The summed E-state index contributed by atoms with van der Waals surface area (Å²) in [7, 11) is 0. The highest BCUT2D eigenvalue weighted by molar-refractivity contribution is 6.34. The van der Waals surface area contributed by atoms with Gasteiger partial charge < -0.3 is 19.9 Å². The van der Waals surface area contributed by atoms with Crippen LogP contribution >= 0.6 is 11.6 Å². The van der Waals surface area contributed by atoms with Gasteiger partial charge in [0.05, 0.1) is 17.7 Å². The molecule has 2 aliphatic rings. The summed E-state index contributed by atoms with van der Waals surface area (Å²) >= 11 is 6.44. The summed E-state index contributed by atoms with van der Waals surface area (Å²) in [6.07, 6.45) is 3.67. The van der Waals surface area contributed by atoms with Crippen LogP contribution in [0, 0.1) is 11.6 Å². The van der Waals surface area contributed by atoms with Gasteiger partial charge in [0.1, 0.15) is 18.2 Å². The van der Waals surface area contributed by atoms with Crippen LogP contribution < -0.4 is 14.8 Å². The number of aromatic nitrogens is 1. The minimum absolute atomic E-state index is 0.0355. The van der Waals surface area contributed by atoms with E-state index in [0.717, 1.165) is 31.1 Å². The Morgan fingerprint density at radius 3 is 2.77 bits per heavy atom. The lowest BCUT2D eigenvalue weighted by atomic mass is 9.80. The quantitative estimate of drug-likeness (QED) is 0.467. The van der Waals surface area contributed by atoms with Crippen LogP contribution in [0.4, 0.5) is 8.78 Å². The number of nitrogens with zero attached hydrogens (tertiary/aromatic N) is 1. The molecule has 0 radical (unpaired) electrons. The average Bonchev–Trinajstić information content (AvgIpc) is 3.54. The fourth-order valence-corrected chi connectivity index (χ4v) is 5.35. The molecule has 0 spiro atoms. The third-order valence-electron chi connectivity index (χ3n) is 6.63. The van der Waals surface area contributed by atoms with Crippen LogP contribution in [0.1, 0.15) is 34.3 Å². The van der Waals surface area contributed by atoms with Gasteiger partial charge in [-0.25, -0.2) is 13.8 Å². The van der Waals surface area contributed by atoms with Gasteiger partial charge in [-0.05, 0) is 24.9 Å². The molecule has 0 bridgehead atoms. The van der Waals surface area contributed by atoms with Gasteiger partial charge in [-0.1, -0.05) is 41.9 Å². The number of aldehydes is 1. The zero-order chi connectivity index (χ0) is 24.6. The Morgan fingerprint density at radius 2 is 2.09 bits per heavy atom. The average molecular weight is 501 g/mol. The molecule has 2 aliphatic heterocycles. The molecule has 1 aromatic heterocycles. The van der Waals surface area contributed by atoms with Crippen molar-refractivity contribution in [3.8, 4) is 22.8 Å². The van der Waals surface area contributed by atoms with E-state index in [-0.39, 0.29) is 53.1 Å². The van der Waals surface area contributed by atoms with Crippen molar-refractivity contribution in [3.05, 3.63) is 75.9 Å². The number of carbonyl (C=O) groups excluding carboxylic acids is 1. The molecule has 3 heterocycles. The highest BCUT2D eigenvalue weighted by atomic mass is 35.5. The van der Waals surface area contributed by atoms with E-state index >= 15 is 8.78 Å². The molecule has 6 nitrogen and oxygen atoms in total. The number of ether oxygens (including phenoxy) is 2. The highest BCUT2D eigenvalue weighted by Crippen LogP contribution is 2.52. The zero-order valence-electron chi connectivity index (χ0n) is 18.7. The number of benzene rings is 2. The molecular weight excluding hydrogens is 478 g/mol. The topological polar surface area (TPSA) is 80.7 Å². The molecule has 2 atom stereocenters. The van der Waals surface area contributed by atoms with Gasteiger partial charge >= 0.3 is 0 Å². The van der Waals surface area contributed by atoms with Crippen molar-refractivity contribution in [2.24, 2.45) is 0 Å². The number of aliphatic hydroxyl groups excluding tert-OH is 1. The molecule has 5 rings (SSSR count). The standard InChI is InChI=1S/C26H23ClF2N2O4/c27-23-18(28)11-19-17(22(23)21-15(14-33)13-31-25(24(21)29)34-10-9-32)12-26(35-19,20-7-4-8-30-20)16-5-2-1-3-6-16/h1-3,5-6,11,13-14,20,30,32H,4,7-10,12H2/t20-,26-/m0/s1. The van der Waals surface area contributed by atoms with Crippen LogP contribution in [0.5, 0.6) is 11.6 Å². The minimum Gasteiger partial charge on any atom is -0.480 e. The number of pyridine rings is 1. The van der Waals surface area contributed by atoms with E-state index in [2.05, 4.69) is 10.3 Å². The lowest BCUT2D eigenvalue weighted by Gasteiger charge is -2.35.